The second-order valence-electron chi connectivity index (χ2n) is 4.86. The Labute approximate surface area is 177 Å². The van der Waals surface area contributed by atoms with Gasteiger partial charge < -0.3 is 16.4 Å². The first-order valence-corrected chi connectivity index (χ1v) is 9.55. The van der Waals surface area contributed by atoms with Crippen LogP contribution in [0.2, 0.25) is 0 Å². The van der Waals surface area contributed by atoms with Crippen molar-refractivity contribution in [3.05, 3.63) is 53.6 Å². The molecule has 0 amide bonds. The van der Waals surface area contributed by atoms with Crippen molar-refractivity contribution >= 4 is 26.0 Å². The van der Waals surface area contributed by atoms with Crippen molar-refractivity contribution in [2.75, 3.05) is 0 Å². The van der Waals surface area contributed by atoms with Crippen LogP contribution in [0.25, 0.3) is 0 Å². The van der Waals surface area contributed by atoms with Gasteiger partial charge in [0, 0.05) is 11.1 Å². The molecule has 0 radical (unpaired) electrons. The van der Waals surface area contributed by atoms with Crippen LogP contribution in [-0.4, -0.2) is 48.4 Å². The standard InChI is InChI=1S/C14H12O10S2.Na.H/c15-11(8-4-2-1-3-5-8)9-6-7-10(24-14(16)17)13(26(21,22)23)12(9)25(18,19)20;;/h1-7,14,16-17H,(H,18,19,20)(H,21,22,23);;/q;+1;-1. The van der Waals surface area contributed by atoms with E-state index < -0.39 is 53.6 Å². The van der Waals surface area contributed by atoms with Gasteiger partial charge in [0.25, 0.3) is 20.2 Å². The first-order chi connectivity index (χ1) is 11.9. The van der Waals surface area contributed by atoms with Gasteiger partial charge in [0.15, 0.2) is 10.7 Å². The van der Waals surface area contributed by atoms with E-state index in [9.17, 15) is 30.7 Å². The first-order valence-electron chi connectivity index (χ1n) is 6.67. The van der Waals surface area contributed by atoms with E-state index in [0.29, 0.717) is 0 Å². The summed E-state index contributed by atoms with van der Waals surface area (Å²) in [5.41, 5.74) is -0.805. The predicted octanol–water partition coefficient (Wildman–Crippen LogP) is -2.83. The molecular weight excluding hydrogens is 415 g/mol. The molecule has 27 heavy (non-hydrogen) atoms. The summed E-state index contributed by atoms with van der Waals surface area (Å²) in [6, 6.07) is 8.64. The fourth-order valence-corrected chi connectivity index (χ4v) is 4.30. The maximum atomic E-state index is 12.5. The molecule has 4 N–H and O–H groups in total. The van der Waals surface area contributed by atoms with Crippen LogP contribution < -0.4 is 34.3 Å². The van der Waals surface area contributed by atoms with E-state index in [-0.39, 0.29) is 36.5 Å². The summed E-state index contributed by atoms with van der Waals surface area (Å²) in [5.74, 6) is -1.97. The molecule has 0 atom stereocenters. The van der Waals surface area contributed by atoms with Crippen molar-refractivity contribution < 1.29 is 76.7 Å². The van der Waals surface area contributed by atoms with Crippen molar-refractivity contribution in [1.82, 2.24) is 0 Å². The van der Waals surface area contributed by atoms with Gasteiger partial charge in [-0.25, -0.2) is 0 Å². The van der Waals surface area contributed by atoms with Crippen LogP contribution >= 0.6 is 0 Å². The Kier molecular flexibility index (Phi) is 7.69. The molecule has 0 saturated carbocycles. The van der Waals surface area contributed by atoms with E-state index in [1.165, 1.54) is 24.3 Å². The number of benzene rings is 2. The molecule has 0 aliphatic rings. The third-order valence-electron chi connectivity index (χ3n) is 3.10. The summed E-state index contributed by atoms with van der Waals surface area (Å²) >= 11 is 0. The van der Waals surface area contributed by atoms with Crippen LogP contribution in [0.15, 0.2) is 52.3 Å². The van der Waals surface area contributed by atoms with E-state index in [0.717, 1.165) is 12.1 Å². The first kappa shape index (κ1) is 23.7. The number of ketones is 1. The zero-order valence-corrected chi connectivity index (χ0v) is 17.3. The Balaban J connectivity index is 0.00000364. The summed E-state index contributed by atoms with van der Waals surface area (Å²) in [4.78, 5) is 9.58. The molecule has 0 spiro atoms. The minimum absolute atomic E-state index is 0. The van der Waals surface area contributed by atoms with Gasteiger partial charge in [-0.3, -0.25) is 13.9 Å². The number of ether oxygens (including phenoxy) is 1. The second-order valence-corrected chi connectivity index (χ2v) is 7.58. The smallest absolute Gasteiger partial charge is 1.00 e. The van der Waals surface area contributed by atoms with Crippen molar-refractivity contribution in [3.8, 4) is 5.75 Å². The Morgan fingerprint density at radius 3 is 1.85 bits per heavy atom. The fraction of sp³-hybridized carbons (Fsp3) is 0.0714. The van der Waals surface area contributed by atoms with E-state index in [4.69, 9.17) is 10.2 Å². The molecule has 0 saturated heterocycles. The molecule has 142 valence electrons. The van der Waals surface area contributed by atoms with Gasteiger partial charge in [0.2, 0.25) is 0 Å². The number of carbonyl (C=O) groups excluding carboxylic acids is 1. The van der Waals surface area contributed by atoms with Crippen molar-refractivity contribution in [2.24, 2.45) is 0 Å². The van der Waals surface area contributed by atoms with E-state index in [2.05, 4.69) is 4.74 Å². The topological polar surface area (TPSA) is 176 Å². The normalized spacial score (nSPS) is 11.7. The van der Waals surface area contributed by atoms with Crippen LogP contribution in [0.4, 0.5) is 0 Å². The van der Waals surface area contributed by atoms with E-state index in [1.807, 2.05) is 0 Å². The summed E-state index contributed by atoms with van der Waals surface area (Å²) in [6.45, 7) is -2.57. The number of hydrogen-bond donors (Lipinski definition) is 4. The van der Waals surface area contributed by atoms with Crippen LogP contribution in [0, 0.1) is 0 Å². The third kappa shape index (κ3) is 5.57. The number of carbonyl (C=O) groups is 1. The second kappa shape index (κ2) is 8.77. The Morgan fingerprint density at radius 1 is 0.889 bits per heavy atom. The van der Waals surface area contributed by atoms with Gasteiger partial charge in [-0.2, -0.15) is 16.8 Å². The molecule has 0 heterocycles. The molecule has 10 nitrogen and oxygen atoms in total. The molecule has 13 heteroatoms. The van der Waals surface area contributed by atoms with Gasteiger partial charge in [-0.05, 0) is 12.1 Å². The summed E-state index contributed by atoms with van der Waals surface area (Å²) in [6.07, 6.45) is 0. The predicted molar refractivity (Wildman–Crippen MR) is 85.9 cm³/mol. The quantitative estimate of drug-likeness (QED) is 0.162. The number of aliphatic hydroxyl groups is 2. The molecular formula is C14H13NaO10S2. The molecule has 0 fully saturated rings. The number of hydrogen-bond acceptors (Lipinski definition) is 8. The maximum absolute atomic E-state index is 12.5. The minimum Gasteiger partial charge on any atom is -1.00 e. The van der Waals surface area contributed by atoms with Gasteiger partial charge in [-0.1, -0.05) is 30.3 Å². The van der Waals surface area contributed by atoms with E-state index in [1.54, 1.807) is 6.07 Å². The fourth-order valence-electron chi connectivity index (χ4n) is 2.18. The van der Waals surface area contributed by atoms with Gasteiger partial charge in [-0.15, -0.1) is 0 Å². The van der Waals surface area contributed by atoms with Gasteiger partial charge >= 0.3 is 36.0 Å². The summed E-state index contributed by atoms with van der Waals surface area (Å²) in [7, 11) is -10.7. The van der Waals surface area contributed by atoms with Crippen LogP contribution in [0.1, 0.15) is 17.3 Å². The van der Waals surface area contributed by atoms with Gasteiger partial charge in [0.05, 0.1) is 0 Å². The number of aliphatic hydroxyl groups excluding tert-OH is 1. The summed E-state index contributed by atoms with van der Waals surface area (Å²) < 4.78 is 69.9. The molecule has 0 aromatic heterocycles. The summed E-state index contributed by atoms with van der Waals surface area (Å²) in [5, 5.41) is 17.6. The molecule has 0 aliphatic heterocycles. The zero-order valence-electron chi connectivity index (χ0n) is 14.7. The van der Waals surface area contributed by atoms with E-state index >= 15 is 0 Å². The maximum Gasteiger partial charge on any atom is 1.00 e. The molecule has 0 bridgehead atoms. The Hall–Kier alpha value is -1.35. The molecule has 2 aromatic rings. The molecule has 2 rings (SSSR count). The average Bonchev–Trinajstić information content (AvgIpc) is 2.52. The monoisotopic (exact) mass is 428 g/mol. The SMILES string of the molecule is O=C(c1ccccc1)c1ccc(OC(O)O)c(S(=O)(=O)O)c1S(=O)(=O)O.[H-].[Na+]. The van der Waals surface area contributed by atoms with Crippen molar-refractivity contribution in [2.45, 2.75) is 16.3 Å². The molecule has 0 aliphatic carbocycles. The average molecular weight is 428 g/mol. The zero-order chi connectivity index (χ0) is 19.7. The largest absolute Gasteiger partial charge is 1.00 e. The molecule has 0 unspecified atom stereocenters. The van der Waals surface area contributed by atoms with Crippen LogP contribution in [-0.2, 0) is 20.2 Å². The Bertz CT molecular complexity index is 1050. The van der Waals surface area contributed by atoms with Crippen LogP contribution in [0.3, 0.4) is 0 Å². The van der Waals surface area contributed by atoms with Crippen LogP contribution in [0.5, 0.6) is 5.75 Å². The Morgan fingerprint density at radius 2 is 1.41 bits per heavy atom. The number of rotatable bonds is 6. The van der Waals surface area contributed by atoms with Crippen molar-refractivity contribution in [3.63, 3.8) is 0 Å². The third-order valence-corrected chi connectivity index (χ3v) is 5.10. The minimum atomic E-state index is -5.37. The van der Waals surface area contributed by atoms with Crippen molar-refractivity contribution in [1.29, 1.82) is 0 Å². The van der Waals surface area contributed by atoms with Gasteiger partial charge in [0.1, 0.15) is 10.6 Å². The molecule has 2 aromatic carbocycles.